The number of anilines is 3. The monoisotopic (exact) mass is 312 g/mol. The van der Waals surface area contributed by atoms with Crippen LogP contribution in [0.3, 0.4) is 0 Å². The normalized spacial score (nSPS) is 11.0. The molecule has 3 N–H and O–H groups in total. The summed E-state index contributed by atoms with van der Waals surface area (Å²) in [6, 6.07) is 8.00. The molecule has 0 saturated heterocycles. The van der Waals surface area contributed by atoms with Gasteiger partial charge in [0.15, 0.2) is 0 Å². The molecule has 2 rings (SSSR count). The molecule has 1 heterocycles. The van der Waals surface area contributed by atoms with Crippen molar-refractivity contribution >= 4 is 28.8 Å². The summed E-state index contributed by atoms with van der Waals surface area (Å²) in [6.45, 7) is 0. The minimum Gasteiger partial charge on any atom is -0.399 e. The Morgan fingerprint density at radius 2 is 1.95 bits per heavy atom. The van der Waals surface area contributed by atoms with Gasteiger partial charge in [-0.2, -0.15) is 18.4 Å². The fraction of sp³-hybridized carbons (Fsp3) is 0.0769. The molecule has 8 heteroatoms. The predicted octanol–water partition coefficient (Wildman–Crippen LogP) is 3.95. The van der Waals surface area contributed by atoms with E-state index in [0.29, 0.717) is 5.69 Å². The molecule has 0 saturated carbocycles. The lowest BCUT2D eigenvalue weighted by Gasteiger charge is -2.12. The van der Waals surface area contributed by atoms with Gasteiger partial charge in [0.25, 0.3) is 0 Å². The zero-order valence-corrected chi connectivity index (χ0v) is 11.1. The van der Waals surface area contributed by atoms with Crippen molar-refractivity contribution in [2.24, 2.45) is 0 Å². The highest BCUT2D eigenvalue weighted by atomic mass is 35.5. The largest absolute Gasteiger partial charge is 0.433 e. The quantitative estimate of drug-likeness (QED) is 0.823. The maximum Gasteiger partial charge on any atom is 0.433 e. The van der Waals surface area contributed by atoms with Gasteiger partial charge in [0, 0.05) is 5.69 Å². The van der Waals surface area contributed by atoms with Crippen LogP contribution in [0.25, 0.3) is 0 Å². The number of nitriles is 1. The van der Waals surface area contributed by atoms with Crippen molar-refractivity contribution in [1.29, 1.82) is 5.26 Å². The highest BCUT2D eigenvalue weighted by molar-refractivity contribution is 6.33. The fourth-order valence-electron chi connectivity index (χ4n) is 1.57. The SMILES string of the molecule is N#Cc1ccc(C(F)(F)F)nc1Nc1cc(N)ccc1Cl. The van der Waals surface area contributed by atoms with Gasteiger partial charge < -0.3 is 11.1 Å². The number of alkyl halides is 3. The predicted molar refractivity (Wildman–Crippen MR) is 73.1 cm³/mol. The molecule has 1 aromatic carbocycles. The molecule has 0 spiro atoms. The number of nitrogens with one attached hydrogen (secondary N) is 1. The molecule has 0 radical (unpaired) electrons. The molecular weight excluding hydrogens is 305 g/mol. The number of pyridine rings is 1. The van der Waals surface area contributed by atoms with Crippen LogP contribution >= 0.6 is 11.6 Å². The van der Waals surface area contributed by atoms with E-state index in [2.05, 4.69) is 10.3 Å². The molecule has 21 heavy (non-hydrogen) atoms. The number of aromatic nitrogens is 1. The van der Waals surface area contributed by atoms with Gasteiger partial charge in [-0.1, -0.05) is 11.6 Å². The molecule has 0 aliphatic rings. The third-order valence-corrected chi connectivity index (χ3v) is 2.88. The van der Waals surface area contributed by atoms with Crippen LogP contribution in [-0.4, -0.2) is 4.98 Å². The Morgan fingerprint density at radius 1 is 1.24 bits per heavy atom. The molecule has 0 aliphatic carbocycles. The van der Waals surface area contributed by atoms with Crippen LogP contribution in [0.2, 0.25) is 5.02 Å². The van der Waals surface area contributed by atoms with Crippen molar-refractivity contribution in [3.8, 4) is 6.07 Å². The molecule has 4 nitrogen and oxygen atoms in total. The van der Waals surface area contributed by atoms with Crippen LogP contribution in [0.5, 0.6) is 0 Å². The van der Waals surface area contributed by atoms with Crippen LogP contribution in [0.4, 0.5) is 30.4 Å². The van der Waals surface area contributed by atoms with Crippen molar-refractivity contribution in [2.45, 2.75) is 6.18 Å². The first-order valence-corrected chi connectivity index (χ1v) is 5.99. The highest BCUT2D eigenvalue weighted by Crippen LogP contribution is 2.32. The smallest absolute Gasteiger partial charge is 0.399 e. The average molecular weight is 313 g/mol. The van der Waals surface area contributed by atoms with Crippen LogP contribution < -0.4 is 11.1 Å². The zero-order valence-electron chi connectivity index (χ0n) is 10.4. The van der Waals surface area contributed by atoms with E-state index in [-0.39, 0.29) is 22.1 Å². The molecule has 0 fully saturated rings. The van der Waals surface area contributed by atoms with Gasteiger partial charge in [-0.15, -0.1) is 0 Å². The number of nitrogens with zero attached hydrogens (tertiary/aromatic N) is 2. The number of halogens is 4. The van der Waals surface area contributed by atoms with Crippen molar-refractivity contribution in [1.82, 2.24) is 4.98 Å². The van der Waals surface area contributed by atoms with Crippen molar-refractivity contribution in [2.75, 3.05) is 11.1 Å². The minimum absolute atomic E-state index is 0.0403. The van der Waals surface area contributed by atoms with Gasteiger partial charge in [0.1, 0.15) is 17.6 Å². The summed E-state index contributed by atoms with van der Waals surface area (Å²) in [6.07, 6.45) is -4.61. The van der Waals surface area contributed by atoms with E-state index in [9.17, 15) is 13.2 Å². The highest BCUT2D eigenvalue weighted by Gasteiger charge is 2.33. The third-order valence-electron chi connectivity index (χ3n) is 2.55. The lowest BCUT2D eigenvalue weighted by molar-refractivity contribution is -0.141. The molecule has 1 aromatic heterocycles. The maximum absolute atomic E-state index is 12.7. The third kappa shape index (κ3) is 3.35. The Kier molecular flexibility index (Phi) is 3.91. The second-order valence-corrected chi connectivity index (χ2v) is 4.47. The van der Waals surface area contributed by atoms with Crippen molar-refractivity contribution < 1.29 is 13.2 Å². The van der Waals surface area contributed by atoms with Gasteiger partial charge in [-0.05, 0) is 30.3 Å². The van der Waals surface area contributed by atoms with E-state index < -0.39 is 11.9 Å². The summed E-state index contributed by atoms with van der Waals surface area (Å²) >= 11 is 5.92. The van der Waals surface area contributed by atoms with Crippen molar-refractivity contribution in [3.63, 3.8) is 0 Å². The van der Waals surface area contributed by atoms with Gasteiger partial charge in [0.2, 0.25) is 0 Å². The van der Waals surface area contributed by atoms with E-state index in [4.69, 9.17) is 22.6 Å². The van der Waals surface area contributed by atoms with E-state index in [1.165, 1.54) is 18.2 Å². The topological polar surface area (TPSA) is 74.7 Å². The second-order valence-electron chi connectivity index (χ2n) is 4.07. The molecular formula is C13H8ClF3N4. The number of benzene rings is 1. The van der Waals surface area contributed by atoms with Crippen LogP contribution in [0, 0.1) is 11.3 Å². The first-order valence-electron chi connectivity index (χ1n) is 5.61. The van der Waals surface area contributed by atoms with E-state index in [0.717, 1.165) is 12.1 Å². The molecule has 0 unspecified atom stereocenters. The molecule has 108 valence electrons. The Labute approximate surface area is 123 Å². The Hall–Kier alpha value is -2.46. The standard InChI is InChI=1S/C13H8ClF3N4/c14-9-3-2-8(19)5-10(9)20-12-7(6-18)1-4-11(21-12)13(15,16)17/h1-5H,19H2,(H,20,21). The lowest BCUT2D eigenvalue weighted by Crippen LogP contribution is -2.10. The summed E-state index contributed by atoms with van der Waals surface area (Å²) in [7, 11) is 0. The molecule has 0 aliphatic heterocycles. The second kappa shape index (κ2) is 5.50. The number of nitrogen functional groups attached to an aromatic ring is 1. The van der Waals surface area contributed by atoms with E-state index >= 15 is 0 Å². The number of hydrogen-bond acceptors (Lipinski definition) is 4. The average Bonchev–Trinajstić information content (AvgIpc) is 2.42. The van der Waals surface area contributed by atoms with Crippen LogP contribution in [0.1, 0.15) is 11.3 Å². The van der Waals surface area contributed by atoms with Gasteiger partial charge in [0.05, 0.1) is 16.3 Å². The van der Waals surface area contributed by atoms with Crippen LogP contribution in [-0.2, 0) is 6.18 Å². The van der Waals surface area contributed by atoms with Crippen LogP contribution in [0.15, 0.2) is 30.3 Å². The summed E-state index contributed by atoms with van der Waals surface area (Å²) in [4.78, 5) is 3.42. The molecule has 0 amide bonds. The van der Waals surface area contributed by atoms with Gasteiger partial charge >= 0.3 is 6.18 Å². The van der Waals surface area contributed by atoms with Gasteiger partial charge in [-0.25, -0.2) is 4.98 Å². The Bertz CT molecular complexity index is 722. The van der Waals surface area contributed by atoms with E-state index in [1.807, 2.05) is 0 Å². The molecule has 0 bridgehead atoms. The van der Waals surface area contributed by atoms with Crippen molar-refractivity contribution in [3.05, 3.63) is 46.6 Å². The first kappa shape index (κ1) is 14.9. The summed E-state index contributed by atoms with van der Waals surface area (Å²) < 4.78 is 38.0. The molecule has 2 aromatic rings. The summed E-state index contributed by atoms with van der Waals surface area (Å²) in [5.74, 6) is -0.236. The Balaban J connectivity index is 2.47. The van der Waals surface area contributed by atoms with E-state index in [1.54, 1.807) is 6.07 Å². The summed E-state index contributed by atoms with van der Waals surface area (Å²) in [5.41, 5.74) is 5.07. The number of rotatable bonds is 2. The number of nitrogens with two attached hydrogens (primary N) is 1. The minimum atomic E-state index is -4.61. The fourth-order valence-corrected chi connectivity index (χ4v) is 1.73. The summed E-state index contributed by atoms with van der Waals surface area (Å²) in [5, 5.41) is 11.8. The maximum atomic E-state index is 12.7. The Morgan fingerprint density at radius 3 is 2.57 bits per heavy atom. The van der Waals surface area contributed by atoms with Gasteiger partial charge in [-0.3, -0.25) is 0 Å². The lowest BCUT2D eigenvalue weighted by atomic mass is 10.2. The zero-order chi connectivity index (χ0) is 15.6. The first-order chi connectivity index (χ1) is 9.81. The number of hydrogen-bond donors (Lipinski definition) is 2. The molecule has 0 atom stereocenters.